The van der Waals surface area contributed by atoms with Crippen molar-refractivity contribution in [2.45, 2.75) is 131 Å². The molecule has 1 unspecified atom stereocenters. The van der Waals surface area contributed by atoms with E-state index in [4.69, 9.17) is 63.2 Å². The summed E-state index contributed by atoms with van der Waals surface area (Å²) >= 11 is 18.5. The molecule has 61 heavy (non-hydrogen) atoms. The predicted molar refractivity (Wildman–Crippen MR) is 236 cm³/mol. The van der Waals surface area contributed by atoms with Crippen LogP contribution in [0.2, 0.25) is 15.1 Å². The smallest absolute Gasteiger partial charge is 0.338 e. The summed E-state index contributed by atoms with van der Waals surface area (Å²) in [5.74, 6) is -2.10. The van der Waals surface area contributed by atoms with E-state index in [0.717, 1.165) is 5.56 Å². The number of esters is 2. The highest BCUT2D eigenvalue weighted by molar-refractivity contribution is 6.42. The molecule has 10 atom stereocenters. The van der Waals surface area contributed by atoms with Crippen molar-refractivity contribution in [1.82, 2.24) is 0 Å². The third-order valence-electron chi connectivity index (χ3n) is 10.1. The van der Waals surface area contributed by atoms with E-state index < -0.39 is 78.1 Å². The van der Waals surface area contributed by atoms with Crippen LogP contribution in [0.1, 0.15) is 107 Å². The minimum absolute atomic E-state index is 0. The van der Waals surface area contributed by atoms with Crippen LogP contribution >= 0.6 is 34.8 Å². The van der Waals surface area contributed by atoms with Crippen LogP contribution in [0.4, 0.5) is 0 Å². The Labute approximate surface area is 374 Å². The van der Waals surface area contributed by atoms with Gasteiger partial charge in [0.1, 0.15) is 35.6 Å². The van der Waals surface area contributed by atoms with Gasteiger partial charge >= 0.3 is 11.9 Å². The molecule has 12 nitrogen and oxygen atoms in total. The van der Waals surface area contributed by atoms with Gasteiger partial charge in [0.05, 0.1) is 21.2 Å². The monoisotopic (exact) mass is 908 g/mol. The van der Waals surface area contributed by atoms with Gasteiger partial charge in [-0.1, -0.05) is 119 Å². The average Bonchev–Trinajstić information content (AvgIpc) is 3.70. The Balaban J connectivity index is 0.000000396. The van der Waals surface area contributed by atoms with Crippen LogP contribution in [0, 0.1) is 6.92 Å². The van der Waals surface area contributed by atoms with E-state index in [2.05, 4.69) is 0 Å². The third-order valence-corrected chi connectivity index (χ3v) is 11.2. The molecule has 3 heterocycles. The number of carbonyl (C=O) groups is 2. The highest BCUT2D eigenvalue weighted by Gasteiger charge is 2.63. The molecule has 3 aliphatic rings. The Bertz CT molecular complexity index is 2060. The van der Waals surface area contributed by atoms with Crippen LogP contribution in [0.25, 0.3) is 0 Å². The molecule has 0 spiro atoms. The fraction of sp³-hybridized carbons (Fsp3) is 0.435. The normalized spacial score (nSPS) is 27.8. The van der Waals surface area contributed by atoms with Gasteiger partial charge in [-0.15, -0.1) is 0 Å². The van der Waals surface area contributed by atoms with E-state index in [-0.39, 0.29) is 29.7 Å². The molecule has 4 aromatic rings. The lowest BCUT2D eigenvalue weighted by Crippen LogP contribution is -2.49. The highest BCUT2D eigenvalue weighted by atomic mass is 35.5. The SMILES string of the molecule is C.C.C.C.CC1(C)O[C@H]2O[C@H]([C@H](OC(=O)c3ccccc3)c3ccc(Cl)c(Cl)c3)[C@@](C)(O)[C@H]2O1.Cc1ccc([C@@H](OC(=O)c2ccccc2)[C@H]2OC(O)[C@H](O)[C@]2(C)O)cc1Cl. The molecular formula is C46H59Cl3O12. The number of fused-ring (bicyclic) bond motifs is 1. The Hall–Kier alpha value is -3.63. The number of hydrogen-bond acceptors (Lipinski definition) is 12. The van der Waals surface area contributed by atoms with Crippen molar-refractivity contribution < 1.29 is 58.4 Å². The first-order valence-electron chi connectivity index (χ1n) is 18.0. The van der Waals surface area contributed by atoms with Gasteiger partial charge in [0, 0.05) is 5.02 Å². The van der Waals surface area contributed by atoms with E-state index in [0.29, 0.717) is 37.3 Å². The van der Waals surface area contributed by atoms with Crippen LogP contribution in [-0.2, 0) is 28.4 Å². The van der Waals surface area contributed by atoms with Gasteiger partial charge in [0.25, 0.3) is 0 Å². The summed E-state index contributed by atoms with van der Waals surface area (Å²) in [7, 11) is 0. The van der Waals surface area contributed by atoms with Crippen LogP contribution in [0.3, 0.4) is 0 Å². The second-order valence-electron chi connectivity index (χ2n) is 14.9. The molecule has 7 rings (SSSR count). The summed E-state index contributed by atoms with van der Waals surface area (Å²) < 4.78 is 34.4. The minimum Gasteiger partial charge on any atom is -0.451 e. The average molecular weight is 910 g/mol. The Morgan fingerprint density at radius 2 is 1.08 bits per heavy atom. The molecule has 0 amide bonds. The summed E-state index contributed by atoms with van der Waals surface area (Å²) in [6, 6.07) is 26.8. The molecule has 0 radical (unpaired) electrons. The molecular weight excluding hydrogens is 851 g/mol. The van der Waals surface area contributed by atoms with E-state index in [9.17, 15) is 30.0 Å². The zero-order valence-electron chi connectivity index (χ0n) is 31.5. The van der Waals surface area contributed by atoms with Gasteiger partial charge in [-0.3, -0.25) is 0 Å². The van der Waals surface area contributed by atoms with Crippen LogP contribution in [0.15, 0.2) is 97.1 Å². The van der Waals surface area contributed by atoms with Gasteiger partial charge in [0.15, 0.2) is 30.6 Å². The highest BCUT2D eigenvalue weighted by Crippen LogP contribution is 2.48. The number of aliphatic hydroxyl groups excluding tert-OH is 2. The quantitative estimate of drug-likeness (QED) is 0.124. The first kappa shape index (κ1) is 53.5. The molecule has 3 aliphatic heterocycles. The second-order valence-corrected chi connectivity index (χ2v) is 16.1. The van der Waals surface area contributed by atoms with Gasteiger partial charge in [-0.2, -0.15) is 0 Å². The summed E-state index contributed by atoms with van der Waals surface area (Å²) in [6.45, 7) is 8.20. The Morgan fingerprint density at radius 3 is 1.51 bits per heavy atom. The van der Waals surface area contributed by atoms with Crippen molar-refractivity contribution in [2.24, 2.45) is 0 Å². The second kappa shape index (κ2) is 21.2. The summed E-state index contributed by atoms with van der Waals surface area (Å²) in [5, 5.41) is 43.0. The number of halogens is 3. The number of ether oxygens (including phenoxy) is 6. The molecule has 0 saturated carbocycles. The molecule has 3 fully saturated rings. The molecule has 15 heteroatoms. The van der Waals surface area contributed by atoms with Crippen molar-refractivity contribution in [3.63, 3.8) is 0 Å². The maximum Gasteiger partial charge on any atom is 0.338 e. The van der Waals surface area contributed by atoms with Crippen molar-refractivity contribution in [2.75, 3.05) is 0 Å². The molecule has 336 valence electrons. The third kappa shape index (κ3) is 11.5. The zero-order chi connectivity index (χ0) is 41.4. The molecule has 0 bridgehead atoms. The van der Waals surface area contributed by atoms with Crippen molar-refractivity contribution >= 4 is 46.7 Å². The number of aryl methyl sites for hydroxylation is 1. The largest absolute Gasteiger partial charge is 0.451 e. The molecule has 3 saturated heterocycles. The fourth-order valence-corrected chi connectivity index (χ4v) is 7.34. The number of benzene rings is 4. The zero-order valence-corrected chi connectivity index (χ0v) is 33.8. The number of carbonyl (C=O) groups excluding carboxylic acids is 2. The van der Waals surface area contributed by atoms with E-state index in [1.165, 1.54) is 6.92 Å². The fourth-order valence-electron chi connectivity index (χ4n) is 6.84. The van der Waals surface area contributed by atoms with Crippen LogP contribution < -0.4 is 0 Å². The lowest BCUT2D eigenvalue weighted by Gasteiger charge is -2.34. The molecule has 4 aromatic carbocycles. The van der Waals surface area contributed by atoms with Gasteiger partial charge in [-0.25, -0.2) is 9.59 Å². The standard InChI is InChI=1S/C22H22Cl2O6.C20H21ClO6.4CH4/c1-21(2)29-18-20(30-21)28-17(22(18,3)26)16(13-9-10-14(23)15(24)11-13)27-19(25)12-7-5-4-6-8-12;1-11-8-9-13(10-14(11)21)15(17-20(2,25)16(22)19(24)27-17)26-18(23)12-6-4-3-5-7-12;;;;/h4-11,16-18,20,26H,1-3H3;3-10,15-17,19,22,24-25H,1-2H3;4*1H4/t16-,17-,18+,20-,22-;15-,16+,17-,19?,20+;;;;/m11..../s1. The van der Waals surface area contributed by atoms with Gasteiger partial charge < -0.3 is 48.8 Å². The van der Waals surface area contributed by atoms with Crippen LogP contribution in [0.5, 0.6) is 0 Å². The maximum atomic E-state index is 12.8. The summed E-state index contributed by atoms with van der Waals surface area (Å²) in [4.78, 5) is 25.4. The predicted octanol–water partition coefficient (Wildman–Crippen LogP) is 9.44. The maximum absolute atomic E-state index is 12.8. The van der Waals surface area contributed by atoms with Crippen molar-refractivity contribution in [3.8, 4) is 0 Å². The Kier molecular flexibility index (Phi) is 18.6. The van der Waals surface area contributed by atoms with E-state index in [1.807, 2.05) is 6.92 Å². The van der Waals surface area contributed by atoms with Crippen LogP contribution in [-0.4, -0.2) is 86.3 Å². The number of aliphatic hydroxyl groups is 4. The van der Waals surface area contributed by atoms with E-state index >= 15 is 0 Å². The summed E-state index contributed by atoms with van der Waals surface area (Å²) in [6.07, 6.45) is -8.97. The number of hydrogen-bond donors (Lipinski definition) is 4. The van der Waals surface area contributed by atoms with Gasteiger partial charge in [0.2, 0.25) is 0 Å². The lowest BCUT2D eigenvalue weighted by atomic mass is 9.88. The lowest BCUT2D eigenvalue weighted by molar-refractivity contribution is -0.240. The minimum atomic E-state index is -1.85. The number of rotatable bonds is 8. The first-order chi connectivity index (χ1) is 26.8. The molecule has 0 aromatic heterocycles. The molecule has 4 N–H and O–H groups in total. The summed E-state index contributed by atoms with van der Waals surface area (Å²) in [5.41, 5.74) is -0.842. The Morgan fingerprint density at radius 1 is 0.623 bits per heavy atom. The van der Waals surface area contributed by atoms with E-state index in [1.54, 1.807) is 118 Å². The van der Waals surface area contributed by atoms with Crippen molar-refractivity contribution in [3.05, 3.63) is 140 Å². The molecule has 0 aliphatic carbocycles. The first-order valence-corrected chi connectivity index (χ1v) is 19.1. The van der Waals surface area contributed by atoms with Crippen molar-refractivity contribution in [1.29, 1.82) is 0 Å². The van der Waals surface area contributed by atoms with Gasteiger partial charge in [-0.05, 0) is 93.8 Å². The topological polar surface area (TPSA) is 170 Å².